The molecule has 160 valence electrons. The fourth-order valence-electron chi connectivity index (χ4n) is 3.36. The van der Waals surface area contributed by atoms with E-state index in [2.05, 4.69) is 0 Å². The van der Waals surface area contributed by atoms with Crippen molar-refractivity contribution in [1.29, 1.82) is 0 Å². The maximum Gasteiger partial charge on any atom is 0.260 e. The zero-order valence-corrected chi connectivity index (χ0v) is 17.9. The van der Waals surface area contributed by atoms with Gasteiger partial charge in [-0.3, -0.25) is 9.59 Å². The van der Waals surface area contributed by atoms with Gasteiger partial charge in [-0.1, -0.05) is 23.7 Å². The molecule has 2 aromatic rings. The first kappa shape index (κ1) is 21.8. The first-order chi connectivity index (χ1) is 14.5. The van der Waals surface area contributed by atoms with Crippen LogP contribution >= 0.6 is 11.6 Å². The van der Waals surface area contributed by atoms with Gasteiger partial charge >= 0.3 is 0 Å². The molecule has 1 heterocycles. The van der Waals surface area contributed by atoms with Crippen molar-refractivity contribution < 1.29 is 23.8 Å². The molecule has 1 saturated heterocycles. The fraction of sp³-hybridized carbons (Fsp3) is 0.364. The number of rotatable bonds is 6. The van der Waals surface area contributed by atoms with Gasteiger partial charge in [0.25, 0.3) is 11.8 Å². The molecule has 30 heavy (non-hydrogen) atoms. The van der Waals surface area contributed by atoms with Gasteiger partial charge in [0.2, 0.25) is 0 Å². The lowest BCUT2D eigenvalue weighted by molar-refractivity contribution is -0.133. The Kier molecular flexibility index (Phi) is 7.41. The van der Waals surface area contributed by atoms with Gasteiger partial charge in [-0.05, 0) is 36.8 Å². The minimum Gasteiger partial charge on any atom is -0.496 e. The molecule has 0 saturated carbocycles. The van der Waals surface area contributed by atoms with Crippen molar-refractivity contribution in [2.45, 2.75) is 6.42 Å². The number of carbonyl (C=O) groups excluding carboxylic acids is 2. The Bertz CT molecular complexity index is 905. The first-order valence-corrected chi connectivity index (χ1v) is 10.1. The van der Waals surface area contributed by atoms with Crippen molar-refractivity contribution in [3.8, 4) is 17.2 Å². The molecule has 0 unspecified atom stereocenters. The molecule has 3 rings (SSSR count). The lowest BCUT2D eigenvalue weighted by Gasteiger charge is -2.23. The minimum atomic E-state index is -0.158. The van der Waals surface area contributed by atoms with Crippen LogP contribution in [0.5, 0.6) is 17.2 Å². The van der Waals surface area contributed by atoms with E-state index >= 15 is 0 Å². The van der Waals surface area contributed by atoms with E-state index in [-0.39, 0.29) is 18.4 Å². The molecule has 0 aromatic heterocycles. The molecule has 0 radical (unpaired) electrons. The number of ether oxygens (including phenoxy) is 3. The zero-order valence-electron chi connectivity index (χ0n) is 17.1. The molecule has 1 aliphatic rings. The van der Waals surface area contributed by atoms with E-state index in [1.807, 2.05) is 12.1 Å². The van der Waals surface area contributed by atoms with Gasteiger partial charge in [0.1, 0.15) is 5.75 Å². The number of hydrogen-bond donors (Lipinski definition) is 0. The number of amides is 2. The molecular formula is C22H25ClN2O5. The maximum absolute atomic E-state index is 13.0. The first-order valence-electron chi connectivity index (χ1n) is 9.70. The second-order valence-electron chi connectivity index (χ2n) is 6.81. The summed E-state index contributed by atoms with van der Waals surface area (Å²) in [6.07, 6.45) is 0.676. The SMILES string of the molecule is COc1ccccc1OCC(=O)N1CCCN(C(=O)c2cc(Cl)ccc2OC)CC1. The summed E-state index contributed by atoms with van der Waals surface area (Å²) in [5.41, 5.74) is 0.421. The molecule has 2 amide bonds. The summed E-state index contributed by atoms with van der Waals surface area (Å²) >= 11 is 6.06. The largest absolute Gasteiger partial charge is 0.496 e. The average molecular weight is 433 g/mol. The number of benzene rings is 2. The Morgan fingerprint density at radius 1 is 0.900 bits per heavy atom. The lowest BCUT2D eigenvalue weighted by Crippen LogP contribution is -2.39. The Morgan fingerprint density at radius 2 is 1.57 bits per heavy atom. The van der Waals surface area contributed by atoms with Crippen LogP contribution in [-0.4, -0.2) is 68.6 Å². The van der Waals surface area contributed by atoms with Gasteiger partial charge in [0.15, 0.2) is 18.1 Å². The molecule has 0 atom stereocenters. The highest BCUT2D eigenvalue weighted by atomic mass is 35.5. The number of para-hydroxylation sites is 2. The number of nitrogens with zero attached hydrogens (tertiary/aromatic N) is 2. The van der Waals surface area contributed by atoms with Crippen LogP contribution in [0.15, 0.2) is 42.5 Å². The monoisotopic (exact) mass is 432 g/mol. The van der Waals surface area contributed by atoms with E-state index in [0.29, 0.717) is 60.4 Å². The Hall–Kier alpha value is -2.93. The number of hydrogen-bond acceptors (Lipinski definition) is 5. The molecule has 8 heteroatoms. The molecule has 1 fully saturated rings. The highest BCUT2D eigenvalue weighted by Crippen LogP contribution is 2.26. The standard InChI is InChI=1S/C22H25ClN2O5/c1-28-18-9-8-16(23)14-17(18)22(27)25-11-5-10-24(12-13-25)21(26)15-30-20-7-4-3-6-19(20)29-2/h3-4,6-9,14H,5,10-13,15H2,1-2H3. The fourth-order valence-corrected chi connectivity index (χ4v) is 3.53. The summed E-state index contributed by atoms with van der Waals surface area (Å²) in [7, 11) is 3.07. The van der Waals surface area contributed by atoms with Crippen molar-refractivity contribution in [2.75, 3.05) is 47.0 Å². The van der Waals surface area contributed by atoms with Crippen LogP contribution in [0.1, 0.15) is 16.8 Å². The summed E-state index contributed by atoms with van der Waals surface area (Å²) in [4.78, 5) is 29.1. The van der Waals surface area contributed by atoms with Crippen molar-refractivity contribution in [3.63, 3.8) is 0 Å². The Labute approximate surface area is 181 Å². The van der Waals surface area contributed by atoms with Crippen molar-refractivity contribution in [1.82, 2.24) is 9.80 Å². The summed E-state index contributed by atoms with van der Waals surface area (Å²) in [5, 5.41) is 0.472. The van der Waals surface area contributed by atoms with E-state index in [1.165, 1.54) is 7.11 Å². The summed E-state index contributed by atoms with van der Waals surface area (Å²) in [5.74, 6) is 1.29. The smallest absolute Gasteiger partial charge is 0.260 e. The van der Waals surface area contributed by atoms with Crippen LogP contribution < -0.4 is 14.2 Å². The summed E-state index contributed by atoms with van der Waals surface area (Å²) in [6.45, 7) is 1.88. The maximum atomic E-state index is 13.0. The van der Waals surface area contributed by atoms with Crippen molar-refractivity contribution in [3.05, 3.63) is 53.1 Å². The predicted molar refractivity (Wildman–Crippen MR) is 114 cm³/mol. The van der Waals surface area contributed by atoms with Crippen molar-refractivity contribution in [2.24, 2.45) is 0 Å². The molecule has 2 aromatic carbocycles. The summed E-state index contributed by atoms with van der Waals surface area (Å²) < 4.78 is 16.2. The van der Waals surface area contributed by atoms with E-state index < -0.39 is 0 Å². The molecule has 0 aliphatic carbocycles. The van der Waals surface area contributed by atoms with Gasteiger partial charge in [-0.2, -0.15) is 0 Å². The minimum absolute atomic E-state index is 0.0869. The topological polar surface area (TPSA) is 68.3 Å². The van der Waals surface area contributed by atoms with E-state index in [1.54, 1.807) is 47.2 Å². The highest BCUT2D eigenvalue weighted by Gasteiger charge is 2.25. The lowest BCUT2D eigenvalue weighted by atomic mass is 10.1. The second-order valence-corrected chi connectivity index (χ2v) is 7.25. The second kappa shape index (κ2) is 10.2. The quantitative estimate of drug-likeness (QED) is 0.701. The molecule has 1 aliphatic heterocycles. The molecule has 0 spiro atoms. The van der Waals surface area contributed by atoms with Crippen molar-refractivity contribution >= 4 is 23.4 Å². The average Bonchev–Trinajstić information content (AvgIpc) is 3.03. The molecule has 0 N–H and O–H groups in total. The van der Waals surface area contributed by atoms with Crippen LogP contribution in [0, 0.1) is 0 Å². The van der Waals surface area contributed by atoms with E-state index in [9.17, 15) is 9.59 Å². The third-order valence-electron chi connectivity index (χ3n) is 4.95. The van der Waals surface area contributed by atoms with Crippen LogP contribution in [0.2, 0.25) is 5.02 Å². The Balaban J connectivity index is 1.60. The summed E-state index contributed by atoms with van der Waals surface area (Å²) in [6, 6.07) is 12.2. The van der Waals surface area contributed by atoms with Gasteiger partial charge in [0.05, 0.1) is 19.8 Å². The Morgan fingerprint density at radius 3 is 2.30 bits per heavy atom. The normalized spacial score (nSPS) is 14.1. The molecular weight excluding hydrogens is 408 g/mol. The zero-order chi connectivity index (χ0) is 21.5. The van der Waals surface area contributed by atoms with Crippen LogP contribution in [0.3, 0.4) is 0 Å². The third kappa shape index (κ3) is 5.16. The van der Waals surface area contributed by atoms with Gasteiger partial charge in [-0.25, -0.2) is 0 Å². The number of carbonyl (C=O) groups is 2. The molecule has 7 nitrogen and oxygen atoms in total. The van der Waals surface area contributed by atoms with Crippen LogP contribution in [0.4, 0.5) is 0 Å². The van der Waals surface area contributed by atoms with E-state index in [0.717, 1.165) is 0 Å². The van der Waals surface area contributed by atoms with Gasteiger partial charge < -0.3 is 24.0 Å². The van der Waals surface area contributed by atoms with Gasteiger partial charge in [-0.15, -0.1) is 0 Å². The highest BCUT2D eigenvalue weighted by molar-refractivity contribution is 6.31. The number of methoxy groups -OCH3 is 2. The third-order valence-corrected chi connectivity index (χ3v) is 5.18. The predicted octanol–water partition coefficient (Wildman–Crippen LogP) is 3.11. The molecule has 0 bridgehead atoms. The van der Waals surface area contributed by atoms with Crippen LogP contribution in [-0.2, 0) is 4.79 Å². The van der Waals surface area contributed by atoms with Gasteiger partial charge in [0, 0.05) is 31.2 Å². The van der Waals surface area contributed by atoms with E-state index in [4.69, 9.17) is 25.8 Å². The van der Waals surface area contributed by atoms with Crippen LogP contribution in [0.25, 0.3) is 0 Å². The number of halogens is 1.